The summed E-state index contributed by atoms with van der Waals surface area (Å²) < 4.78 is 31.4. The number of rotatable bonds is 9. The predicted octanol–water partition coefficient (Wildman–Crippen LogP) is 9.08. The average molecular weight is 961 g/mol. The van der Waals surface area contributed by atoms with E-state index >= 15 is 4.39 Å². The monoisotopic (exact) mass is 961 g/mol. The first-order valence-electron chi connectivity index (χ1n) is 25.2. The number of ether oxygens (including phenoxy) is 2. The smallest absolute Gasteiger partial charge is 0.324 e. The third-order valence-electron chi connectivity index (χ3n) is 15.1. The number of carbonyl (C=O) groups excluding carboxylic acids is 3. The number of hydrazine groups is 1. The number of nitrogens with zero attached hydrogens (tertiary/aromatic N) is 6. The lowest BCUT2D eigenvalue weighted by molar-refractivity contribution is -0.155. The lowest BCUT2D eigenvalue weighted by Gasteiger charge is -2.35. The van der Waals surface area contributed by atoms with Crippen molar-refractivity contribution in [2.24, 2.45) is 17.3 Å². The minimum atomic E-state index is -0.723. The van der Waals surface area contributed by atoms with Gasteiger partial charge in [0.05, 0.1) is 40.7 Å². The van der Waals surface area contributed by atoms with Gasteiger partial charge < -0.3 is 24.3 Å². The van der Waals surface area contributed by atoms with Gasteiger partial charge in [-0.2, -0.15) is 0 Å². The summed E-state index contributed by atoms with van der Waals surface area (Å²) in [6, 6.07) is 9.09. The summed E-state index contributed by atoms with van der Waals surface area (Å²) in [6.07, 6.45) is 11.7. The Balaban J connectivity index is 1.12. The van der Waals surface area contributed by atoms with Gasteiger partial charge in [-0.3, -0.25) is 29.4 Å². The van der Waals surface area contributed by atoms with Crippen molar-refractivity contribution in [3.63, 3.8) is 0 Å². The number of methoxy groups -OCH3 is 1. The third kappa shape index (κ3) is 10.5. The molecule has 7 heterocycles. The Morgan fingerprint density at radius 1 is 1.07 bits per heavy atom. The highest BCUT2D eigenvalue weighted by Gasteiger charge is 2.45. The molecule has 368 valence electrons. The standard InChI is InChI=1S/C54H69FN8O5S/c1-8-37-40-25-44(55)42-26-47(40)62(50(37)43-22-35(27-57-49(43)33(3)67-7)34-14-9-10-19-61(6)20-12-15-34)30-54(4,5)31-68-53(66)45-17-13-21-63(60-45)52(65)36(23-48-59-46(42)29-69-48)28-58-51(64)41-24-39(41)38-16-11-18-56-32(38)2/h11,16,18,22,25-27,29,33-34,36,39,41,45,60H,8-10,12-15,17,19-21,23-24,28,30-31H2,1-7H3,(H,58,64)/t33-,34?,36+,39+,41-,45-/m0/s1. The van der Waals surface area contributed by atoms with Gasteiger partial charge in [0.25, 0.3) is 0 Å². The van der Waals surface area contributed by atoms with E-state index < -0.39 is 23.3 Å². The minimum absolute atomic E-state index is 0.0809. The molecular weight excluding hydrogens is 892 g/mol. The van der Waals surface area contributed by atoms with Gasteiger partial charge in [0.2, 0.25) is 11.8 Å². The molecule has 4 aromatic heterocycles. The zero-order valence-electron chi connectivity index (χ0n) is 41.4. The van der Waals surface area contributed by atoms with Gasteiger partial charge in [-0.1, -0.05) is 33.3 Å². The molecule has 5 aromatic rings. The Hall–Kier alpha value is -5.09. The number of aromatic nitrogens is 4. The number of carbonyl (C=O) groups is 3. The van der Waals surface area contributed by atoms with Crippen molar-refractivity contribution in [3.8, 4) is 22.5 Å². The second kappa shape index (κ2) is 20.7. The van der Waals surface area contributed by atoms with Crippen molar-refractivity contribution in [3.05, 3.63) is 87.0 Å². The Morgan fingerprint density at radius 3 is 2.67 bits per heavy atom. The topological polar surface area (TPSA) is 144 Å². The van der Waals surface area contributed by atoms with Gasteiger partial charge in [0.15, 0.2) is 0 Å². The summed E-state index contributed by atoms with van der Waals surface area (Å²) in [5.41, 5.74) is 11.3. The van der Waals surface area contributed by atoms with Crippen molar-refractivity contribution in [1.82, 2.24) is 40.2 Å². The van der Waals surface area contributed by atoms with E-state index in [0.29, 0.717) is 54.5 Å². The van der Waals surface area contributed by atoms with Gasteiger partial charge in [-0.15, -0.1) is 11.3 Å². The van der Waals surface area contributed by atoms with Gasteiger partial charge >= 0.3 is 5.97 Å². The number of hydrogen-bond donors (Lipinski definition) is 2. The largest absolute Gasteiger partial charge is 0.464 e. The van der Waals surface area contributed by atoms with E-state index in [1.165, 1.54) is 21.9 Å². The summed E-state index contributed by atoms with van der Waals surface area (Å²) >= 11 is 1.38. The number of pyridine rings is 2. The number of hydrogen-bond acceptors (Lipinski definition) is 11. The van der Waals surface area contributed by atoms with Crippen LogP contribution in [0.5, 0.6) is 0 Å². The van der Waals surface area contributed by atoms with Crippen LogP contribution < -0.4 is 10.7 Å². The summed E-state index contributed by atoms with van der Waals surface area (Å²) in [5.74, 6) is -1.64. The number of benzene rings is 1. The summed E-state index contributed by atoms with van der Waals surface area (Å²) in [4.78, 5) is 59.2. The van der Waals surface area contributed by atoms with Crippen LogP contribution in [0.1, 0.15) is 130 Å². The van der Waals surface area contributed by atoms with Crippen LogP contribution in [0.2, 0.25) is 0 Å². The first-order valence-corrected chi connectivity index (χ1v) is 26.1. The highest BCUT2D eigenvalue weighted by molar-refractivity contribution is 7.10. The number of nitrogens with one attached hydrogen (secondary N) is 2. The molecule has 2 saturated heterocycles. The number of thiazole rings is 1. The number of cyclic esters (lactones) is 1. The molecule has 9 rings (SSSR count). The van der Waals surface area contributed by atoms with Crippen LogP contribution >= 0.6 is 11.3 Å². The molecule has 69 heavy (non-hydrogen) atoms. The normalized spacial score (nSPS) is 24.2. The van der Waals surface area contributed by atoms with Crippen LogP contribution in [0.25, 0.3) is 33.4 Å². The van der Waals surface area contributed by atoms with E-state index in [-0.39, 0.29) is 55.1 Å². The summed E-state index contributed by atoms with van der Waals surface area (Å²) in [5, 5.41) is 7.93. The van der Waals surface area contributed by atoms with E-state index in [2.05, 4.69) is 65.3 Å². The van der Waals surface area contributed by atoms with Crippen LogP contribution in [0.15, 0.2) is 48.1 Å². The Labute approximate surface area is 409 Å². The van der Waals surface area contributed by atoms with E-state index in [1.807, 2.05) is 37.4 Å². The predicted molar refractivity (Wildman–Crippen MR) is 267 cm³/mol. The second-order valence-electron chi connectivity index (χ2n) is 20.8. The number of amides is 2. The fraction of sp³-hybridized carbons (Fsp3) is 0.556. The maximum absolute atomic E-state index is 16.9. The fourth-order valence-electron chi connectivity index (χ4n) is 11.0. The van der Waals surface area contributed by atoms with Crippen molar-refractivity contribution in [2.45, 2.75) is 129 Å². The highest BCUT2D eigenvalue weighted by atomic mass is 32.1. The average Bonchev–Trinajstić information content (AvgIpc) is 3.88. The van der Waals surface area contributed by atoms with Crippen molar-refractivity contribution >= 4 is 40.0 Å². The molecule has 15 heteroatoms. The van der Waals surface area contributed by atoms with Crippen LogP contribution in [-0.4, -0.2) is 100 Å². The number of fused-ring (bicyclic) bond motifs is 6. The molecule has 3 fully saturated rings. The number of aryl methyl sites for hydroxylation is 2. The Morgan fingerprint density at radius 2 is 1.87 bits per heavy atom. The minimum Gasteiger partial charge on any atom is -0.464 e. The maximum Gasteiger partial charge on any atom is 0.324 e. The summed E-state index contributed by atoms with van der Waals surface area (Å²) in [6.45, 7) is 13.5. The molecule has 6 bridgehead atoms. The molecule has 3 aliphatic heterocycles. The number of esters is 1. The van der Waals surface area contributed by atoms with E-state index in [9.17, 15) is 14.4 Å². The third-order valence-corrected chi connectivity index (χ3v) is 15.9. The highest BCUT2D eigenvalue weighted by Crippen LogP contribution is 2.48. The molecule has 6 atom stereocenters. The molecule has 13 nitrogen and oxygen atoms in total. The molecule has 0 spiro atoms. The van der Waals surface area contributed by atoms with Crippen LogP contribution in [-0.2, 0) is 43.2 Å². The van der Waals surface area contributed by atoms with Crippen LogP contribution in [0, 0.1) is 30.0 Å². The van der Waals surface area contributed by atoms with Crippen LogP contribution in [0.4, 0.5) is 4.39 Å². The van der Waals surface area contributed by atoms with Crippen LogP contribution in [0.3, 0.4) is 0 Å². The van der Waals surface area contributed by atoms with E-state index in [0.717, 1.165) is 96.3 Å². The van der Waals surface area contributed by atoms with Gasteiger partial charge in [0, 0.05) is 90.0 Å². The zero-order chi connectivity index (χ0) is 48.6. The second-order valence-corrected chi connectivity index (χ2v) is 21.8. The lowest BCUT2D eigenvalue weighted by Crippen LogP contribution is -2.58. The first-order chi connectivity index (χ1) is 33.2. The Kier molecular flexibility index (Phi) is 14.7. The van der Waals surface area contributed by atoms with Gasteiger partial charge in [-0.25, -0.2) is 14.8 Å². The first kappa shape index (κ1) is 48.9. The van der Waals surface area contributed by atoms with Gasteiger partial charge in [-0.05, 0) is 138 Å². The zero-order valence-corrected chi connectivity index (χ0v) is 42.2. The molecule has 0 radical (unpaired) electrons. The molecule has 2 amide bonds. The van der Waals surface area contributed by atoms with E-state index in [1.54, 1.807) is 19.4 Å². The molecule has 1 saturated carbocycles. The van der Waals surface area contributed by atoms with Crippen molar-refractivity contribution in [2.75, 3.05) is 46.9 Å². The fourth-order valence-corrected chi connectivity index (χ4v) is 11.9. The Bertz CT molecular complexity index is 2700. The molecule has 2 N–H and O–H groups in total. The molecule has 1 unspecified atom stereocenters. The van der Waals surface area contributed by atoms with E-state index in [4.69, 9.17) is 19.4 Å². The summed E-state index contributed by atoms with van der Waals surface area (Å²) in [7, 11) is 3.92. The number of halogens is 1. The molecular formula is C54H69FN8O5S. The van der Waals surface area contributed by atoms with Gasteiger partial charge in [0.1, 0.15) is 11.9 Å². The SMILES string of the molecule is CCc1c(-c2cc(C3CCCCN(C)CCC3)cnc2[C@H](C)OC)n2c3cc(c(F)cc13)-c1csc(n1)C[C@H](CNC(=O)[C@H]1C[C@@H]1c1cccnc1C)C(=O)N1CCC[C@H](N1)C(=O)OCC(C)(C)C2. The van der Waals surface area contributed by atoms with Crippen molar-refractivity contribution < 1.29 is 28.2 Å². The van der Waals surface area contributed by atoms with Crippen molar-refractivity contribution in [1.29, 1.82) is 0 Å². The molecule has 1 aliphatic carbocycles. The molecule has 1 aromatic carbocycles. The maximum atomic E-state index is 16.9. The quantitative estimate of drug-likeness (QED) is 0.137. The lowest BCUT2D eigenvalue weighted by atomic mass is 9.88. The molecule has 4 aliphatic rings.